The molecule has 0 radical (unpaired) electrons. The minimum Gasteiger partial charge on any atom is -0.370 e. The van der Waals surface area contributed by atoms with E-state index in [0.29, 0.717) is 16.9 Å². The highest BCUT2D eigenvalue weighted by atomic mass is 32.2. The standard InChI is InChI=1S/C13H14F3O3S2/c1-20-9-5-8-11(20)12(10-6-3-2-4-7-10)19-21(17,18)13(14,15)16/h2-4,6-7H,5,8-9H2,1H3/q+1/b12-11+. The highest BCUT2D eigenvalue weighted by Gasteiger charge is 2.50. The first-order chi connectivity index (χ1) is 9.72. The first-order valence-corrected chi connectivity index (χ1v) is 9.35. The maximum Gasteiger partial charge on any atom is 0.534 e. The molecule has 1 aliphatic heterocycles. The van der Waals surface area contributed by atoms with E-state index in [2.05, 4.69) is 4.18 Å². The lowest BCUT2D eigenvalue weighted by Crippen LogP contribution is -2.25. The minimum absolute atomic E-state index is 0.170. The smallest absolute Gasteiger partial charge is 0.370 e. The Morgan fingerprint density at radius 2 is 1.86 bits per heavy atom. The summed E-state index contributed by atoms with van der Waals surface area (Å²) in [5.41, 5.74) is -5.08. The van der Waals surface area contributed by atoms with Gasteiger partial charge in [0.1, 0.15) is 12.0 Å². The number of halogens is 3. The van der Waals surface area contributed by atoms with Gasteiger partial charge in [-0.3, -0.25) is 0 Å². The SMILES string of the molecule is C[S+]1CCC/C1=C(\OS(=O)(=O)C(F)(F)F)c1ccccc1. The summed E-state index contributed by atoms with van der Waals surface area (Å²) in [6, 6.07) is 8.04. The molecule has 1 fully saturated rings. The zero-order chi connectivity index (χ0) is 15.7. The van der Waals surface area contributed by atoms with Crippen molar-refractivity contribution in [2.24, 2.45) is 0 Å². The molecule has 3 nitrogen and oxygen atoms in total. The predicted molar refractivity (Wildman–Crippen MR) is 76.8 cm³/mol. The molecule has 1 saturated heterocycles. The lowest BCUT2D eigenvalue weighted by atomic mass is 10.1. The lowest BCUT2D eigenvalue weighted by Gasteiger charge is -2.13. The molecule has 0 N–H and O–H groups in total. The summed E-state index contributed by atoms with van der Waals surface area (Å²) < 4.78 is 64.8. The summed E-state index contributed by atoms with van der Waals surface area (Å²) in [4.78, 5) is 0.647. The Morgan fingerprint density at radius 1 is 1.24 bits per heavy atom. The zero-order valence-corrected chi connectivity index (χ0v) is 12.8. The van der Waals surface area contributed by atoms with E-state index in [1.807, 2.05) is 6.26 Å². The molecule has 1 unspecified atom stereocenters. The molecule has 0 spiro atoms. The number of hydrogen-bond donors (Lipinski definition) is 0. The Kier molecular flexibility index (Phi) is 4.57. The van der Waals surface area contributed by atoms with Crippen LogP contribution in [0.4, 0.5) is 13.2 Å². The number of allylic oxidation sites excluding steroid dienone is 1. The highest BCUT2D eigenvalue weighted by molar-refractivity contribution is 8.00. The average molecular weight is 339 g/mol. The molecule has 1 aromatic rings. The van der Waals surface area contributed by atoms with Crippen molar-refractivity contribution in [3.05, 3.63) is 40.8 Å². The van der Waals surface area contributed by atoms with E-state index in [1.54, 1.807) is 30.3 Å². The van der Waals surface area contributed by atoms with Crippen LogP contribution in [0, 0.1) is 0 Å². The van der Waals surface area contributed by atoms with E-state index >= 15 is 0 Å². The first kappa shape index (κ1) is 16.2. The molecule has 1 heterocycles. The second kappa shape index (κ2) is 5.92. The van der Waals surface area contributed by atoms with Gasteiger partial charge in [-0.1, -0.05) is 30.3 Å². The van der Waals surface area contributed by atoms with Crippen molar-refractivity contribution < 1.29 is 25.8 Å². The zero-order valence-electron chi connectivity index (χ0n) is 11.2. The van der Waals surface area contributed by atoms with E-state index < -0.39 is 15.6 Å². The summed E-state index contributed by atoms with van der Waals surface area (Å²) in [5.74, 6) is 0.664. The summed E-state index contributed by atoms with van der Waals surface area (Å²) in [6.45, 7) is 0. The third-order valence-electron chi connectivity index (χ3n) is 3.04. The predicted octanol–water partition coefficient (Wildman–Crippen LogP) is 3.26. The second-order valence-corrected chi connectivity index (χ2v) is 8.26. The Balaban J connectivity index is 2.49. The van der Waals surface area contributed by atoms with Gasteiger partial charge in [-0.25, -0.2) is 0 Å². The fraction of sp³-hybridized carbons (Fsp3) is 0.385. The number of hydrogen-bond acceptors (Lipinski definition) is 3. The van der Waals surface area contributed by atoms with Crippen LogP contribution in [-0.4, -0.2) is 25.9 Å². The van der Waals surface area contributed by atoms with E-state index in [-0.39, 0.29) is 16.7 Å². The molecule has 1 atom stereocenters. The van der Waals surface area contributed by atoms with Crippen LogP contribution in [0.25, 0.3) is 5.76 Å². The van der Waals surface area contributed by atoms with Crippen LogP contribution < -0.4 is 0 Å². The lowest BCUT2D eigenvalue weighted by molar-refractivity contribution is -0.0509. The van der Waals surface area contributed by atoms with E-state index in [0.717, 1.165) is 12.2 Å². The molecule has 0 bridgehead atoms. The van der Waals surface area contributed by atoms with Gasteiger partial charge in [0.05, 0.1) is 0 Å². The molecule has 0 aromatic heterocycles. The Bertz CT molecular complexity index is 636. The third-order valence-corrected chi connectivity index (χ3v) is 6.13. The number of benzene rings is 1. The van der Waals surface area contributed by atoms with Gasteiger partial charge in [0, 0.05) is 29.3 Å². The Morgan fingerprint density at radius 3 is 2.33 bits per heavy atom. The van der Waals surface area contributed by atoms with Gasteiger partial charge in [-0.2, -0.15) is 21.6 Å². The topological polar surface area (TPSA) is 43.4 Å². The van der Waals surface area contributed by atoms with Gasteiger partial charge in [-0.15, -0.1) is 0 Å². The van der Waals surface area contributed by atoms with E-state index in [4.69, 9.17) is 0 Å². The first-order valence-electron chi connectivity index (χ1n) is 6.14. The van der Waals surface area contributed by atoms with Crippen molar-refractivity contribution in [2.45, 2.75) is 18.3 Å². The van der Waals surface area contributed by atoms with Crippen LogP contribution in [0.2, 0.25) is 0 Å². The largest absolute Gasteiger partial charge is 0.534 e. The number of alkyl halides is 3. The maximum absolute atomic E-state index is 12.6. The fourth-order valence-electron chi connectivity index (χ4n) is 2.02. The van der Waals surface area contributed by atoms with Crippen LogP contribution in [0.1, 0.15) is 18.4 Å². The Hall–Kier alpha value is -1.15. The van der Waals surface area contributed by atoms with Crippen molar-refractivity contribution in [1.82, 2.24) is 0 Å². The van der Waals surface area contributed by atoms with Crippen LogP contribution in [0.5, 0.6) is 0 Å². The van der Waals surface area contributed by atoms with Crippen molar-refractivity contribution in [1.29, 1.82) is 0 Å². The van der Waals surface area contributed by atoms with Crippen molar-refractivity contribution in [3.8, 4) is 0 Å². The molecule has 0 saturated carbocycles. The minimum atomic E-state index is -5.66. The van der Waals surface area contributed by atoms with E-state index in [1.165, 1.54) is 0 Å². The average Bonchev–Trinajstić information content (AvgIpc) is 2.82. The van der Waals surface area contributed by atoms with Gasteiger partial charge in [0.25, 0.3) is 0 Å². The van der Waals surface area contributed by atoms with Gasteiger partial charge in [0.15, 0.2) is 10.7 Å². The molecule has 0 amide bonds. The Labute approximate surface area is 124 Å². The molecule has 0 aliphatic carbocycles. The van der Waals surface area contributed by atoms with Crippen LogP contribution in [0.15, 0.2) is 35.2 Å². The van der Waals surface area contributed by atoms with Gasteiger partial charge < -0.3 is 4.18 Å². The normalized spacial score (nSPS) is 22.2. The molecule has 1 aromatic carbocycles. The summed E-state index contributed by atoms with van der Waals surface area (Å²) in [6.07, 6.45) is 3.26. The van der Waals surface area contributed by atoms with Crippen LogP contribution in [0.3, 0.4) is 0 Å². The number of rotatable bonds is 3. The maximum atomic E-state index is 12.6. The van der Waals surface area contributed by atoms with Gasteiger partial charge in [-0.05, 0) is 0 Å². The second-order valence-electron chi connectivity index (χ2n) is 4.55. The molecular formula is C13H14F3O3S2+. The molecule has 1 aliphatic rings. The van der Waals surface area contributed by atoms with Crippen molar-refractivity contribution in [3.63, 3.8) is 0 Å². The van der Waals surface area contributed by atoms with Gasteiger partial charge in [0.2, 0.25) is 0 Å². The van der Waals surface area contributed by atoms with E-state index in [9.17, 15) is 21.6 Å². The van der Waals surface area contributed by atoms with Gasteiger partial charge >= 0.3 is 15.6 Å². The molecule has 8 heteroatoms. The molecule has 2 rings (SSSR count). The summed E-state index contributed by atoms with van der Waals surface area (Å²) >= 11 is 0. The van der Waals surface area contributed by atoms with Crippen molar-refractivity contribution >= 4 is 26.8 Å². The summed E-state index contributed by atoms with van der Waals surface area (Å²) in [7, 11) is -5.94. The molecular weight excluding hydrogens is 325 g/mol. The fourth-order valence-corrected chi connectivity index (χ4v) is 4.38. The third kappa shape index (κ3) is 3.55. The monoisotopic (exact) mass is 339 g/mol. The molecule has 21 heavy (non-hydrogen) atoms. The van der Waals surface area contributed by atoms with Crippen LogP contribution >= 0.6 is 0 Å². The highest BCUT2D eigenvalue weighted by Crippen LogP contribution is 2.37. The summed E-state index contributed by atoms with van der Waals surface area (Å²) in [5, 5.41) is 0. The molecule has 116 valence electrons. The van der Waals surface area contributed by atoms with Crippen LogP contribution in [-0.2, 0) is 25.2 Å². The van der Waals surface area contributed by atoms with Crippen molar-refractivity contribution in [2.75, 3.05) is 12.0 Å². The quantitative estimate of drug-likeness (QED) is 0.367.